The highest BCUT2D eigenvalue weighted by Gasteiger charge is 2.17. The Bertz CT molecular complexity index is 1390. The second-order valence-electron chi connectivity index (χ2n) is 6.02. The number of nitrogens with one attached hydrogen (secondary N) is 1. The van der Waals surface area contributed by atoms with Gasteiger partial charge in [0.25, 0.3) is 0 Å². The first-order chi connectivity index (χ1) is 13.1. The van der Waals surface area contributed by atoms with E-state index in [-0.39, 0.29) is 5.43 Å². The molecule has 0 unspecified atom stereocenters. The van der Waals surface area contributed by atoms with Gasteiger partial charge in [-0.05, 0) is 30.7 Å². The number of hydrogen-bond donors (Lipinski definition) is 1. The Morgan fingerprint density at radius 3 is 2.93 bits per heavy atom. The van der Waals surface area contributed by atoms with Crippen LogP contribution in [-0.2, 0) is 0 Å². The SMILES string of the molecule is Cc1ncc(-c2nc3[nH]ccc(=O)c3cc2-c2cc(Cl)c3ncoc3c2)s1. The number of thiazole rings is 1. The molecule has 0 spiro atoms. The molecule has 4 heterocycles. The number of rotatable bonds is 2. The maximum absolute atomic E-state index is 12.3. The lowest BCUT2D eigenvalue weighted by Gasteiger charge is -2.10. The molecule has 1 aromatic carbocycles. The Labute approximate surface area is 161 Å². The van der Waals surface area contributed by atoms with Crippen molar-refractivity contribution >= 4 is 45.1 Å². The maximum atomic E-state index is 12.3. The fourth-order valence-electron chi connectivity index (χ4n) is 3.06. The van der Waals surface area contributed by atoms with Crippen molar-refractivity contribution in [3.63, 3.8) is 0 Å². The fourth-order valence-corrected chi connectivity index (χ4v) is 4.10. The molecule has 0 saturated carbocycles. The van der Waals surface area contributed by atoms with Crippen molar-refractivity contribution in [1.82, 2.24) is 19.9 Å². The van der Waals surface area contributed by atoms with Gasteiger partial charge in [0.15, 0.2) is 17.4 Å². The second kappa shape index (κ2) is 6.00. The molecular weight excluding hydrogens is 384 g/mol. The number of benzene rings is 1. The van der Waals surface area contributed by atoms with Crippen LogP contribution in [0.5, 0.6) is 0 Å². The van der Waals surface area contributed by atoms with Crippen LogP contribution in [-0.4, -0.2) is 19.9 Å². The van der Waals surface area contributed by atoms with Crippen molar-refractivity contribution in [2.75, 3.05) is 0 Å². The summed E-state index contributed by atoms with van der Waals surface area (Å²) in [6.07, 6.45) is 4.74. The van der Waals surface area contributed by atoms with E-state index in [1.165, 1.54) is 23.8 Å². The summed E-state index contributed by atoms with van der Waals surface area (Å²) in [4.78, 5) is 29.5. The van der Waals surface area contributed by atoms with E-state index in [1.807, 2.05) is 25.1 Å². The highest BCUT2D eigenvalue weighted by atomic mass is 35.5. The van der Waals surface area contributed by atoms with Crippen LogP contribution in [0.1, 0.15) is 5.01 Å². The summed E-state index contributed by atoms with van der Waals surface area (Å²) >= 11 is 7.92. The van der Waals surface area contributed by atoms with Crippen LogP contribution in [0.2, 0.25) is 5.02 Å². The lowest BCUT2D eigenvalue weighted by molar-refractivity contribution is 0.602. The van der Waals surface area contributed by atoms with Crippen molar-refractivity contribution in [3.8, 4) is 21.7 Å². The van der Waals surface area contributed by atoms with Gasteiger partial charge in [-0.25, -0.2) is 15.0 Å². The molecule has 6 nitrogen and oxygen atoms in total. The number of oxazole rings is 1. The Morgan fingerprint density at radius 2 is 2.11 bits per heavy atom. The van der Waals surface area contributed by atoms with Crippen molar-refractivity contribution in [1.29, 1.82) is 0 Å². The van der Waals surface area contributed by atoms with Crippen molar-refractivity contribution in [3.05, 3.63) is 63.3 Å². The molecule has 132 valence electrons. The Hall–Kier alpha value is -3.03. The van der Waals surface area contributed by atoms with Crippen LogP contribution in [0.3, 0.4) is 0 Å². The van der Waals surface area contributed by atoms with Crippen LogP contribution < -0.4 is 5.43 Å². The van der Waals surface area contributed by atoms with E-state index < -0.39 is 0 Å². The first-order valence-corrected chi connectivity index (χ1v) is 9.28. The minimum atomic E-state index is -0.101. The van der Waals surface area contributed by atoms with E-state index in [1.54, 1.807) is 12.4 Å². The number of pyridine rings is 2. The van der Waals surface area contributed by atoms with Gasteiger partial charge in [0.2, 0.25) is 0 Å². The molecule has 0 saturated heterocycles. The molecule has 0 aliphatic rings. The molecule has 0 radical (unpaired) electrons. The Balaban J connectivity index is 1.88. The molecule has 8 heteroatoms. The molecule has 1 N–H and O–H groups in total. The average Bonchev–Trinajstić information content (AvgIpc) is 3.30. The zero-order valence-corrected chi connectivity index (χ0v) is 15.6. The molecule has 0 aliphatic heterocycles. The quantitative estimate of drug-likeness (QED) is 0.464. The van der Waals surface area contributed by atoms with Crippen molar-refractivity contribution in [2.24, 2.45) is 0 Å². The average molecular weight is 395 g/mol. The van der Waals surface area contributed by atoms with Gasteiger partial charge in [0.1, 0.15) is 11.2 Å². The van der Waals surface area contributed by atoms with E-state index in [0.29, 0.717) is 27.2 Å². The van der Waals surface area contributed by atoms with Crippen molar-refractivity contribution in [2.45, 2.75) is 6.92 Å². The van der Waals surface area contributed by atoms with Gasteiger partial charge in [-0.3, -0.25) is 4.79 Å². The minimum Gasteiger partial charge on any atom is -0.443 e. The highest BCUT2D eigenvalue weighted by molar-refractivity contribution is 7.15. The van der Waals surface area contributed by atoms with Crippen LogP contribution in [0.4, 0.5) is 0 Å². The Morgan fingerprint density at radius 1 is 1.22 bits per heavy atom. The summed E-state index contributed by atoms with van der Waals surface area (Å²) in [6, 6.07) is 6.98. The molecule has 5 aromatic rings. The number of hydrogen-bond acceptors (Lipinski definition) is 6. The van der Waals surface area contributed by atoms with E-state index in [2.05, 4.69) is 15.0 Å². The van der Waals surface area contributed by atoms with Crippen LogP contribution in [0.25, 0.3) is 43.8 Å². The number of halogens is 1. The standard InChI is InChI=1S/C19H11ClN4O2S/c1-9-22-7-16(27-9)17-11(6-12-14(25)2-3-21-19(12)24-17)10-4-13(20)18-15(5-10)26-8-23-18/h2-8H,1H3,(H,21,24,25). The predicted molar refractivity (Wildman–Crippen MR) is 106 cm³/mol. The molecule has 4 aromatic heterocycles. The third kappa shape index (κ3) is 2.63. The molecule has 0 amide bonds. The number of nitrogens with zero attached hydrogens (tertiary/aromatic N) is 3. The predicted octanol–water partition coefficient (Wildman–Crippen LogP) is 4.82. The van der Waals surface area contributed by atoms with E-state index >= 15 is 0 Å². The zero-order valence-electron chi connectivity index (χ0n) is 14.0. The maximum Gasteiger partial charge on any atom is 0.191 e. The monoisotopic (exact) mass is 394 g/mol. The van der Waals surface area contributed by atoms with Gasteiger partial charge in [0, 0.05) is 24.0 Å². The number of H-pyrrole nitrogens is 1. The molecular formula is C19H11ClN4O2S. The smallest absolute Gasteiger partial charge is 0.191 e. The largest absolute Gasteiger partial charge is 0.443 e. The van der Waals surface area contributed by atoms with Crippen LogP contribution in [0, 0.1) is 6.92 Å². The summed E-state index contributed by atoms with van der Waals surface area (Å²) < 4.78 is 5.43. The first-order valence-electron chi connectivity index (χ1n) is 8.08. The molecule has 5 rings (SSSR count). The third-order valence-corrected chi connectivity index (χ3v) is 5.51. The van der Waals surface area contributed by atoms with Crippen LogP contribution >= 0.6 is 22.9 Å². The number of aromatic nitrogens is 4. The summed E-state index contributed by atoms with van der Waals surface area (Å²) in [5.41, 5.74) is 3.90. The van der Waals surface area contributed by atoms with Gasteiger partial charge >= 0.3 is 0 Å². The number of fused-ring (bicyclic) bond motifs is 2. The number of aryl methyl sites for hydroxylation is 1. The second-order valence-corrected chi connectivity index (χ2v) is 7.67. The lowest BCUT2D eigenvalue weighted by Crippen LogP contribution is -2.03. The summed E-state index contributed by atoms with van der Waals surface area (Å²) in [6.45, 7) is 1.94. The van der Waals surface area contributed by atoms with Gasteiger partial charge in [-0.2, -0.15) is 0 Å². The van der Waals surface area contributed by atoms with Crippen LogP contribution in [0.15, 0.2) is 52.3 Å². The fraction of sp³-hybridized carbons (Fsp3) is 0.0526. The minimum absolute atomic E-state index is 0.101. The highest BCUT2D eigenvalue weighted by Crippen LogP contribution is 2.37. The zero-order chi connectivity index (χ0) is 18.5. The molecule has 0 bridgehead atoms. The summed E-state index contributed by atoms with van der Waals surface area (Å²) in [5.74, 6) is 0. The van der Waals surface area contributed by atoms with E-state index in [0.717, 1.165) is 26.7 Å². The van der Waals surface area contributed by atoms with Gasteiger partial charge in [-0.1, -0.05) is 11.6 Å². The number of aromatic amines is 1. The van der Waals surface area contributed by atoms with Gasteiger partial charge in [0.05, 0.1) is 26.0 Å². The van der Waals surface area contributed by atoms with Gasteiger partial charge < -0.3 is 9.40 Å². The van der Waals surface area contributed by atoms with E-state index in [9.17, 15) is 4.79 Å². The van der Waals surface area contributed by atoms with E-state index in [4.69, 9.17) is 21.0 Å². The molecule has 0 aliphatic carbocycles. The molecule has 0 fully saturated rings. The first kappa shape index (κ1) is 16.2. The third-order valence-electron chi connectivity index (χ3n) is 4.30. The molecule has 27 heavy (non-hydrogen) atoms. The lowest BCUT2D eigenvalue weighted by atomic mass is 10.0. The Kier molecular flexibility index (Phi) is 3.60. The van der Waals surface area contributed by atoms with Gasteiger partial charge in [-0.15, -0.1) is 11.3 Å². The summed E-state index contributed by atoms with van der Waals surface area (Å²) in [5, 5.41) is 1.92. The topological polar surface area (TPSA) is 84.7 Å². The van der Waals surface area contributed by atoms with Crippen molar-refractivity contribution < 1.29 is 4.42 Å². The molecule has 0 atom stereocenters. The summed E-state index contributed by atoms with van der Waals surface area (Å²) in [7, 11) is 0. The normalized spacial score (nSPS) is 11.5.